The van der Waals surface area contributed by atoms with Crippen molar-refractivity contribution in [3.63, 3.8) is 0 Å². The van der Waals surface area contributed by atoms with Gasteiger partial charge in [0.05, 0.1) is 5.88 Å². The predicted octanol–water partition coefficient (Wildman–Crippen LogP) is 1.92. The number of alkyl halides is 1. The van der Waals surface area contributed by atoms with E-state index in [0.29, 0.717) is 5.56 Å². The zero-order valence-corrected chi connectivity index (χ0v) is 8.03. The molecular formula is C10H9ClO3. The summed E-state index contributed by atoms with van der Waals surface area (Å²) in [6.07, 6.45) is 2.84. The van der Waals surface area contributed by atoms with E-state index in [4.69, 9.17) is 21.8 Å². The predicted molar refractivity (Wildman–Crippen MR) is 54.5 cm³/mol. The Labute approximate surface area is 86.3 Å². The van der Waals surface area contributed by atoms with Gasteiger partial charge in [0.15, 0.2) is 17.3 Å². The smallest absolute Gasteiger partial charge is 0.170 e. The van der Waals surface area contributed by atoms with Crippen molar-refractivity contribution in [1.29, 1.82) is 0 Å². The summed E-state index contributed by atoms with van der Waals surface area (Å²) >= 11 is 5.28. The molecule has 0 aliphatic rings. The van der Waals surface area contributed by atoms with Crippen molar-refractivity contribution in [1.82, 2.24) is 0 Å². The zero-order valence-electron chi connectivity index (χ0n) is 7.27. The second-order valence-electron chi connectivity index (χ2n) is 2.68. The van der Waals surface area contributed by atoms with Crippen molar-refractivity contribution < 1.29 is 15.0 Å². The third-order valence-corrected chi connectivity index (χ3v) is 1.86. The van der Waals surface area contributed by atoms with Crippen LogP contribution < -0.4 is 0 Å². The fourth-order valence-corrected chi connectivity index (χ4v) is 0.967. The second kappa shape index (κ2) is 4.67. The molecule has 0 amide bonds. The van der Waals surface area contributed by atoms with E-state index in [1.54, 1.807) is 6.07 Å². The average Bonchev–Trinajstić information content (AvgIpc) is 2.19. The third-order valence-electron chi connectivity index (χ3n) is 1.59. The van der Waals surface area contributed by atoms with E-state index in [1.165, 1.54) is 24.3 Å². The first-order valence-electron chi connectivity index (χ1n) is 3.92. The van der Waals surface area contributed by atoms with Crippen LogP contribution in [0.25, 0.3) is 6.08 Å². The maximum atomic E-state index is 10.8. The van der Waals surface area contributed by atoms with Crippen LogP contribution in [0.1, 0.15) is 5.56 Å². The molecule has 1 aromatic rings. The van der Waals surface area contributed by atoms with E-state index in [0.717, 1.165) is 0 Å². The van der Waals surface area contributed by atoms with Gasteiger partial charge in [-0.3, -0.25) is 4.79 Å². The minimum atomic E-state index is -0.217. The Hall–Kier alpha value is -1.48. The van der Waals surface area contributed by atoms with Crippen molar-refractivity contribution in [2.45, 2.75) is 0 Å². The number of benzene rings is 1. The highest BCUT2D eigenvalue weighted by Crippen LogP contribution is 2.25. The molecule has 0 bridgehead atoms. The number of halogens is 1. The first kappa shape index (κ1) is 10.6. The Morgan fingerprint density at radius 1 is 1.36 bits per heavy atom. The number of carbonyl (C=O) groups excluding carboxylic acids is 1. The Bertz CT molecular complexity index is 372. The van der Waals surface area contributed by atoms with Gasteiger partial charge < -0.3 is 10.2 Å². The van der Waals surface area contributed by atoms with Crippen LogP contribution in [0.4, 0.5) is 0 Å². The Morgan fingerprint density at radius 3 is 2.64 bits per heavy atom. The first-order chi connectivity index (χ1) is 6.63. The number of aromatic hydroxyl groups is 2. The summed E-state index contributed by atoms with van der Waals surface area (Å²) in [4.78, 5) is 10.8. The zero-order chi connectivity index (χ0) is 10.6. The molecule has 0 unspecified atom stereocenters. The van der Waals surface area contributed by atoms with Gasteiger partial charge in [-0.05, 0) is 23.8 Å². The highest BCUT2D eigenvalue weighted by molar-refractivity contribution is 6.29. The van der Waals surface area contributed by atoms with Gasteiger partial charge in [-0.15, -0.1) is 11.6 Å². The lowest BCUT2D eigenvalue weighted by Gasteiger charge is -1.97. The third kappa shape index (κ3) is 2.78. The van der Waals surface area contributed by atoms with Gasteiger partial charge in [-0.2, -0.15) is 0 Å². The fraction of sp³-hybridized carbons (Fsp3) is 0.100. The van der Waals surface area contributed by atoms with Gasteiger partial charge in [0.1, 0.15) is 0 Å². The summed E-state index contributed by atoms with van der Waals surface area (Å²) in [6.45, 7) is 0. The van der Waals surface area contributed by atoms with E-state index in [2.05, 4.69) is 0 Å². The summed E-state index contributed by atoms with van der Waals surface area (Å²) in [5.74, 6) is -0.684. The molecule has 4 heteroatoms. The van der Waals surface area contributed by atoms with Gasteiger partial charge in [-0.1, -0.05) is 12.1 Å². The lowest BCUT2D eigenvalue weighted by molar-refractivity contribution is -0.112. The molecule has 0 saturated heterocycles. The molecule has 74 valence electrons. The van der Waals surface area contributed by atoms with E-state index < -0.39 is 0 Å². The largest absolute Gasteiger partial charge is 0.504 e. The van der Waals surface area contributed by atoms with Crippen molar-refractivity contribution >= 4 is 23.5 Å². The monoisotopic (exact) mass is 212 g/mol. The van der Waals surface area contributed by atoms with Crippen molar-refractivity contribution in [2.75, 3.05) is 5.88 Å². The van der Waals surface area contributed by atoms with Crippen LogP contribution in [0.2, 0.25) is 0 Å². The van der Waals surface area contributed by atoms with Crippen LogP contribution in [0.3, 0.4) is 0 Å². The lowest BCUT2D eigenvalue weighted by atomic mass is 10.2. The van der Waals surface area contributed by atoms with Gasteiger partial charge in [0, 0.05) is 0 Å². The van der Waals surface area contributed by atoms with Crippen LogP contribution in [0, 0.1) is 0 Å². The Balaban J connectivity index is 2.83. The normalized spacial score (nSPS) is 10.6. The number of hydrogen-bond donors (Lipinski definition) is 2. The molecular weight excluding hydrogens is 204 g/mol. The highest BCUT2D eigenvalue weighted by Gasteiger charge is 1.98. The van der Waals surface area contributed by atoms with Crippen LogP contribution in [-0.4, -0.2) is 21.9 Å². The quantitative estimate of drug-likeness (QED) is 0.457. The SMILES string of the molecule is O=C(/C=C/c1ccc(O)c(O)c1)CCl. The summed E-state index contributed by atoms with van der Waals surface area (Å²) in [5, 5.41) is 18.1. The summed E-state index contributed by atoms with van der Waals surface area (Å²) < 4.78 is 0. The molecule has 0 aromatic heterocycles. The molecule has 2 N–H and O–H groups in total. The molecule has 0 atom stereocenters. The number of ketones is 1. The molecule has 3 nitrogen and oxygen atoms in total. The minimum absolute atomic E-state index is 0.0689. The Kier molecular flexibility index (Phi) is 3.54. The van der Waals surface area contributed by atoms with Gasteiger partial charge >= 0.3 is 0 Å². The van der Waals surface area contributed by atoms with Crippen LogP contribution in [-0.2, 0) is 4.79 Å². The van der Waals surface area contributed by atoms with E-state index in [-0.39, 0.29) is 23.2 Å². The molecule has 1 rings (SSSR count). The van der Waals surface area contributed by atoms with Crippen molar-refractivity contribution in [3.05, 3.63) is 29.8 Å². The van der Waals surface area contributed by atoms with E-state index in [9.17, 15) is 4.79 Å². The van der Waals surface area contributed by atoms with Gasteiger partial charge in [-0.25, -0.2) is 0 Å². The molecule has 0 radical (unpaired) electrons. The highest BCUT2D eigenvalue weighted by atomic mass is 35.5. The molecule has 0 aliphatic heterocycles. The van der Waals surface area contributed by atoms with Crippen LogP contribution in [0.15, 0.2) is 24.3 Å². The molecule has 0 fully saturated rings. The fourth-order valence-electron chi connectivity index (χ4n) is 0.878. The summed E-state index contributed by atoms with van der Waals surface area (Å²) in [7, 11) is 0. The standard InChI is InChI=1S/C10H9ClO3/c11-6-8(12)3-1-7-2-4-9(13)10(14)5-7/h1-5,13-14H,6H2/b3-1+. The Morgan fingerprint density at radius 2 is 2.07 bits per heavy atom. The number of carbonyl (C=O) groups is 1. The summed E-state index contributed by atoms with van der Waals surface area (Å²) in [5.41, 5.74) is 0.624. The van der Waals surface area contributed by atoms with Gasteiger partial charge in [0.25, 0.3) is 0 Å². The number of phenols is 2. The molecule has 0 heterocycles. The molecule has 0 saturated carbocycles. The van der Waals surface area contributed by atoms with Crippen LogP contribution in [0.5, 0.6) is 11.5 Å². The topological polar surface area (TPSA) is 57.5 Å². The lowest BCUT2D eigenvalue weighted by Crippen LogP contribution is -1.91. The maximum absolute atomic E-state index is 10.8. The molecule has 1 aromatic carbocycles. The van der Waals surface area contributed by atoms with Crippen molar-refractivity contribution in [2.24, 2.45) is 0 Å². The minimum Gasteiger partial charge on any atom is -0.504 e. The average molecular weight is 213 g/mol. The van der Waals surface area contributed by atoms with E-state index in [1.807, 2.05) is 0 Å². The van der Waals surface area contributed by atoms with Crippen molar-refractivity contribution in [3.8, 4) is 11.5 Å². The summed E-state index contributed by atoms with van der Waals surface area (Å²) in [6, 6.07) is 4.28. The van der Waals surface area contributed by atoms with Crippen LogP contribution >= 0.6 is 11.6 Å². The number of allylic oxidation sites excluding steroid dienone is 1. The molecule has 0 aliphatic carbocycles. The maximum Gasteiger partial charge on any atom is 0.170 e. The first-order valence-corrected chi connectivity index (χ1v) is 4.46. The number of phenolic OH excluding ortho intramolecular Hbond substituents is 2. The molecule has 0 spiro atoms. The van der Waals surface area contributed by atoms with E-state index >= 15 is 0 Å². The second-order valence-corrected chi connectivity index (χ2v) is 2.95. The molecule has 14 heavy (non-hydrogen) atoms. The number of hydrogen-bond acceptors (Lipinski definition) is 3. The number of rotatable bonds is 3. The van der Waals surface area contributed by atoms with Gasteiger partial charge in [0.2, 0.25) is 0 Å².